The Balaban J connectivity index is 2.09. The Bertz CT molecular complexity index is 580. The van der Waals surface area contributed by atoms with Gasteiger partial charge in [0.25, 0.3) is 0 Å². The molecule has 0 aliphatic rings. The molecule has 1 aromatic carbocycles. The summed E-state index contributed by atoms with van der Waals surface area (Å²) in [5.41, 5.74) is 0.843. The van der Waals surface area contributed by atoms with E-state index in [0.717, 1.165) is 5.56 Å². The van der Waals surface area contributed by atoms with Crippen LogP contribution in [0.5, 0.6) is 0 Å². The van der Waals surface area contributed by atoms with Crippen LogP contribution in [0.4, 0.5) is 0 Å². The van der Waals surface area contributed by atoms with Gasteiger partial charge in [-0.05, 0) is 38.1 Å². The Morgan fingerprint density at radius 2 is 1.79 bits per heavy atom. The molecule has 1 N–H and O–H groups in total. The monoisotopic (exact) mass is 333 g/mol. The molecule has 0 aliphatic heterocycles. The summed E-state index contributed by atoms with van der Waals surface area (Å²) in [6, 6.07) is 8.00. The molecule has 1 aromatic heterocycles. The normalized spacial score (nSPS) is 12.7. The fourth-order valence-electron chi connectivity index (χ4n) is 1.77. The molecule has 2 aromatic rings. The summed E-state index contributed by atoms with van der Waals surface area (Å²) >= 11 is 20.1. The minimum Gasteiger partial charge on any atom is -0.305 e. The van der Waals surface area contributed by atoms with E-state index in [9.17, 15) is 0 Å². The second-order valence-electron chi connectivity index (χ2n) is 4.37. The van der Waals surface area contributed by atoms with Crippen molar-refractivity contribution >= 4 is 46.1 Å². The van der Waals surface area contributed by atoms with E-state index in [1.807, 2.05) is 0 Å². The van der Waals surface area contributed by atoms with E-state index >= 15 is 0 Å². The number of thiophene rings is 1. The maximum absolute atomic E-state index is 6.18. The van der Waals surface area contributed by atoms with Gasteiger partial charge in [0.15, 0.2) is 0 Å². The van der Waals surface area contributed by atoms with E-state index in [1.54, 1.807) is 23.5 Å². The van der Waals surface area contributed by atoms with Gasteiger partial charge in [-0.3, -0.25) is 0 Å². The molecule has 1 nitrogen and oxygen atoms in total. The van der Waals surface area contributed by atoms with Crippen molar-refractivity contribution in [1.29, 1.82) is 0 Å². The third kappa shape index (κ3) is 3.65. The molecule has 1 atom stereocenters. The van der Waals surface area contributed by atoms with Gasteiger partial charge in [0, 0.05) is 32.9 Å². The fourth-order valence-corrected chi connectivity index (χ4v) is 3.36. The van der Waals surface area contributed by atoms with E-state index in [4.69, 9.17) is 34.8 Å². The lowest BCUT2D eigenvalue weighted by Gasteiger charge is -2.14. The summed E-state index contributed by atoms with van der Waals surface area (Å²) in [5.74, 6) is 0. The summed E-state index contributed by atoms with van der Waals surface area (Å²) in [4.78, 5) is 2.61. The Hall–Kier alpha value is -0.250. The van der Waals surface area contributed by atoms with Gasteiger partial charge in [-0.1, -0.05) is 34.8 Å². The Labute approximate surface area is 132 Å². The molecule has 0 aliphatic carbocycles. The van der Waals surface area contributed by atoms with Crippen LogP contribution in [0, 0.1) is 6.92 Å². The molecular weight excluding hydrogens is 321 g/mol. The molecule has 0 fully saturated rings. The van der Waals surface area contributed by atoms with E-state index in [0.29, 0.717) is 21.6 Å². The summed E-state index contributed by atoms with van der Waals surface area (Å²) < 4.78 is 0. The molecule has 0 saturated carbocycles. The van der Waals surface area contributed by atoms with Crippen molar-refractivity contribution in [3.05, 3.63) is 54.7 Å². The number of hydrogen-bond donors (Lipinski definition) is 1. The largest absolute Gasteiger partial charge is 0.305 e. The van der Waals surface area contributed by atoms with Crippen molar-refractivity contribution in [2.75, 3.05) is 0 Å². The summed E-state index contributed by atoms with van der Waals surface area (Å²) in [5, 5.41) is 5.11. The second-order valence-corrected chi connectivity index (χ2v) is 6.88. The van der Waals surface area contributed by atoms with Crippen molar-refractivity contribution in [2.24, 2.45) is 0 Å². The topological polar surface area (TPSA) is 12.0 Å². The standard InChI is InChI=1S/C14H14Cl3NS/c1-8-3-6-13(19-8)9(2)18-7-10-11(15)4-5-12(16)14(10)17/h3-6,9,18H,7H2,1-2H3. The Morgan fingerprint density at radius 1 is 1.11 bits per heavy atom. The molecule has 0 spiro atoms. The zero-order valence-electron chi connectivity index (χ0n) is 10.6. The van der Waals surface area contributed by atoms with Gasteiger partial charge in [-0.25, -0.2) is 0 Å². The molecule has 102 valence electrons. The number of benzene rings is 1. The Morgan fingerprint density at radius 3 is 2.42 bits per heavy atom. The van der Waals surface area contributed by atoms with Crippen LogP contribution in [0.3, 0.4) is 0 Å². The van der Waals surface area contributed by atoms with E-state index in [1.165, 1.54) is 9.75 Å². The van der Waals surface area contributed by atoms with Crippen LogP contribution in [-0.4, -0.2) is 0 Å². The first-order chi connectivity index (χ1) is 8.99. The molecular formula is C14H14Cl3NS. The highest BCUT2D eigenvalue weighted by atomic mass is 35.5. The first-order valence-electron chi connectivity index (χ1n) is 5.91. The van der Waals surface area contributed by atoms with E-state index in [2.05, 4.69) is 31.3 Å². The van der Waals surface area contributed by atoms with Crippen molar-refractivity contribution < 1.29 is 0 Å². The highest BCUT2D eigenvalue weighted by Gasteiger charge is 2.12. The highest BCUT2D eigenvalue weighted by Crippen LogP contribution is 2.32. The van der Waals surface area contributed by atoms with Crippen LogP contribution < -0.4 is 5.32 Å². The van der Waals surface area contributed by atoms with Crippen LogP contribution in [0.2, 0.25) is 15.1 Å². The van der Waals surface area contributed by atoms with Crippen LogP contribution in [0.25, 0.3) is 0 Å². The number of rotatable bonds is 4. The quantitative estimate of drug-likeness (QED) is 0.690. The van der Waals surface area contributed by atoms with Crippen LogP contribution in [0.1, 0.15) is 28.3 Å². The lowest BCUT2D eigenvalue weighted by atomic mass is 10.2. The van der Waals surface area contributed by atoms with Gasteiger partial charge in [0.1, 0.15) is 0 Å². The maximum atomic E-state index is 6.18. The van der Waals surface area contributed by atoms with Gasteiger partial charge in [0.2, 0.25) is 0 Å². The zero-order valence-corrected chi connectivity index (χ0v) is 13.7. The molecule has 0 amide bonds. The average molecular weight is 335 g/mol. The van der Waals surface area contributed by atoms with Crippen LogP contribution in [0.15, 0.2) is 24.3 Å². The summed E-state index contributed by atoms with van der Waals surface area (Å²) in [6.45, 7) is 4.82. The third-order valence-electron chi connectivity index (χ3n) is 2.91. The number of hydrogen-bond acceptors (Lipinski definition) is 2. The molecule has 0 radical (unpaired) electrons. The molecule has 1 unspecified atom stereocenters. The maximum Gasteiger partial charge on any atom is 0.0652 e. The first kappa shape index (κ1) is 15.1. The minimum atomic E-state index is 0.254. The van der Waals surface area contributed by atoms with Crippen molar-refractivity contribution in [2.45, 2.75) is 26.4 Å². The van der Waals surface area contributed by atoms with E-state index < -0.39 is 0 Å². The lowest BCUT2D eigenvalue weighted by molar-refractivity contribution is 0.583. The van der Waals surface area contributed by atoms with Crippen molar-refractivity contribution in [3.8, 4) is 0 Å². The fraction of sp³-hybridized carbons (Fsp3) is 0.286. The third-order valence-corrected chi connectivity index (χ3v) is 5.29. The molecule has 2 rings (SSSR count). The summed E-state index contributed by atoms with van der Waals surface area (Å²) in [7, 11) is 0. The van der Waals surface area contributed by atoms with Gasteiger partial charge in [0.05, 0.1) is 10.0 Å². The molecule has 0 bridgehead atoms. The summed E-state index contributed by atoms with van der Waals surface area (Å²) in [6.07, 6.45) is 0. The second kappa shape index (κ2) is 6.47. The minimum absolute atomic E-state index is 0.254. The molecule has 1 heterocycles. The zero-order chi connectivity index (χ0) is 14.0. The molecule has 19 heavy (non-hydrogen) atoms. The molecule has 0 saturated heterocycles. The SMILES string of the molecule is Cc1ccc(C(C)NCc2c(Cl)ccc(Cl)c2Cl)s1. The molecule has 5 heteroatoms. The van der Waals surface area contributed by atoms with Crippen LogP contribution in [-0.2, 0) is 6.54 Å². The predicted molar refractivity (Wildman–Crippen MR) is 85.8 cm³/mol. The predicted octanol–water partition coefficient (Wildman–Crippen LogP) is 5.87. The van der Waals surface area contributed by atoms with Gasteiger partial charge in [-0.2, -0.15) is 0 Å². The van der Waals surface area contributed by atoms with Gasteiger partial charge in [-0.15, -0.1) is 11.3 Å². The van der Waals surface area contributed by atoms with Crippen LogP contribution >= 0.6 is 46.1 Å². The van der Waals surface area contributed by atoms with Gasteiger partial charge >= 0.3 is 0 Å². The van der Waals surface area contributed by atoms with Crippen molar-refractivity contribution in [3.63, 3.8) is 0 Å². The first-order valence-corrected chi connectivity index (χ1v) is 7.86. The highest BCUT2D eigenvalue weighted by molar-refractivity contribution is 7.12. The lowest BCUT2D eigenvalue weighted by Crippen LogP contribution is -2.17. The van der Waals surface area contributed by atoms with Gasteiger partial charge < -0.3 is 5.32 Å². The number of nitrogens with one attached hydrogen (secondary N) is 1. The van der Waals surface area contributed by atoms with Crippen molar-refractivity contribution in [1.82, 2.24) is 5.32 Å². The number of halogens is 3. The van der Waals surface area contributed by atoms with E-state index in [-0.39, 0.29) is 6.04 Å². The Kier molecular flexibility index (Phi) is 5.15. The smallest absolute Gasteiger partial charge is 0.0652 e. The number of aryl methyl sites for hydroxylation is 1. The average Bonchev–Trinajstić information content (AvgIpc) is 2.80.